The molecule has 0 spiro atoms. The molecule has 0 saturated carbocycles. The van der Waals surface area contributed by atoms with Crippen molar-refractivity contribution in [2.75, 3.05) is 0 Å². The predicted molar refractivity (Wildman–Crippen MR) is 61.5 cm³/mol. The molecule has 0 unspecified atom stereocenters. The van der Waals surface area contributed by atoms with Crippen LogP contribution >= 0.6 is 12.2 Å². The Kier molecular flexibility index (Phi) is 1.63. The lowest BCUT2D eigenvalue weighted by molar-refractivity contribution is 1.14. The third-order valence-corrected chi connectivity index (χ3v) is 2.61. The van der Waals surface area contributed by atoms with E-state index in [9.17, 15) is 0 Å². The Morgan fingerprint density at radius 1 is 1.27 bits per heavy atom. The van der Waals surface area contributed by atoms with Crippen LogP contribution in [0.3, 0.4) is 0 Å². The zero-order valence-corrected chi connectivity index (χ0v) is 8.75. The molecule has 0 atom stereocenters. The predicted octanol–water partition coefficient (Wildman–Crippen LogP) is 1.31. The monoisotopic (exact) mass is 214 g/mol. The van der Waals surface area contributed by atoms with E-state index in [-0.39, 0.29) is 0 Å². The Bertz CT molecular complexity index is 569. The Morgan fingerprint density at radius 3 is 3.00 bits per heavy atom. The third-order valence-electron chi connectivity index (χ3n) is 2.27. The molecule has 0 fully saturated rings. The Labute approximate surface area is 91.5 Å². The van der Waals surface area contributed by atoms with Crippen LogP contribution in [-0.2, 0) is 0 Å². The number of fused-ring (bicyclic) bond motifs is 3. The van der Waals surface area contributed by atoms with E-state index in [1.807, 2.05) is 13.0 Å². The van der Waals surface area contributed by atoms with Gasteiger partial charge in [-0.2, -0.15) is 0 Å². The second kappa shape index (κ2) is 2.87. The van der Waals surface area contributed by atoms with Gasteiger partial charge in [-0.25, -0.2) is 20.0 Å². The van der Waals surface area contributed by atoms with Gasteiger partial charge < -0.3 is 0 Å². The van der Waals surface area contributed by atoms with Crippen LogP contribution in [0, 0.1) is 0 Å². The van der Waals surface area contributed by atoms with Gasteiger partial charge in [0.2, 0.25) is 0 Å². The Balaban J connectivity index is 2.30. The molecule has 0 aromatic carbocycles. The fourth-order valence-corrected chi connectivity index (χ4v) is 1.91. The first-order valence-corrected chi connectivity index (χ1v) is 4.87. The number of amidine groups is 1. The van der Waals surface area contributed by atoms with Crippen molar-refractivity contribution >= 4 is 28.6 Å². The van der Waals surface area contributed by atoms with Crippen molar-refractivity contribution in [3.05, 3.63) is 35.6 Å². The number of allylic oxidation sites excluding steroid dienone is 2. The van der Waals surface area contributed by atoms with Crippen LogP contribution < -0.4 is 0 Å². The van der Waals surface area contributed by atoms with E-state index in [0.29, 0.717) is 0 Å². The fourth-order valence-electron chi connectivity index (χ4n) is 1.65. The first-order valence-electron chi connectivity index (χ1n) is 4.46. The minimum Gasteiger partial charge on any atom is -0.244 e. The molecule has 0 N–H and O–H groups in total. The van der Waals surface area contributed by atoms with Gasteiger partial charge in [-0.05, 0) is 13.0 Å². The maximum atomic E-state index is 5.24. The van der Waals surface area contributed by atoms with Crippen molar-refractivity contribution in [3.63, 3.8) is 0 Å². The lowest BCUT2D eigenvalue weighted by atomic mass is 10.00. The van der Waals surface area contributed by atoms with Gasteiger partial charge in [0.25, 0.3) is 0 Å². The van der Waals surface area contributed by atoms with Crippen LogP contribution in [0.1, 0.15) is 18.2 Å². The van der Waals surface area contributed by atoms with Gasteiger partial charge in [0.1, 0.15) is 23.6 Å². The van der Waals surface area contributed by atoms with Gasteiger partial charge in [-0.15, -0.1) is 0 Å². The van der Waals surface area contributed by atoms with Gasteiger partial charge in [-0.3, -0.25) is 0 Å². The molecular weight excluding hydrogens is 208 g/mol. The second-order valence-electron chi connectivity index (χ2n) is 3.30. The van der Waals surface area contributed by atoms with Crippen molar-refractivity contribution in [1.29, 1.82) is 0 Å². The maximum absolute atomic E-state index is 5.24. The topological polar surface area (TPSA) is 50.5 Å². The van der Waals surface area contributed by atoms with Crippen LogP contribution in [0.4, 0.5) is 0 Å². The SMILES string of the molecule is CC1=NC2=CC(=S)c3cncnc3C2=N1. The van der Waals surface area contributed by atoms with E-state index in [4.69, 9.17) is 12.2 Å². The number of hydrogen-bond acceptors (Lipinski definition) is 5. The van der Waals surface area contributed by atoms with E-state index in [1.54, 1.807) is 6.20 Å². The minimum atomic E-state index is 0.720. The number of nitrogens with zero attached hydrogens (tertiary/aromatic N) is 4. The van der Waals surface area contributed by atoms with Crippen LogP contribution in [0.5, 0.6) is 0 Å². The summed E-state index contributed by atoms with van der Waals surface area (Å²) in [7, 11) is 0. The third kappa shape index (κ3) is 1.16. The summed E-state index contributed by atoms with van der Waals surface area (Å²) in [6.45, 7) is 1.86. The van der Waals surface area contributed by atoms with Crippen LogP contribution in [0.25, 0.3) is 0 Å². The highest BCUT2D eigenvalue weighted by atomic mass is 32.1. The molecule has 0 radical (unpaired) electrons. The molecule has 4 nitrogen and oxygen atoms in total. The zero-order valence-electron chi connectivity index (χ0n) is 7.93. The Hall–Kier alpha value is -1.75. The van der Waals surface area contributed by atoms with Crippen molar-refractivity contribution in [3.8, 4) is 0 Å². The highest BCUT2D eigenvalue weighted by molar-refractivity contribution is 7.81. The van der Waals surface area contributed by atoms with E-state index in [1.165, 1.54) is 6.33 Å². The number of thiocarbonyl (C=S) groups is 1. The van der Waals surface area contributed by atoms with Crippen molar-refractivity contribution < 1.29 is 0 Å². The molecule has 1 aliphatic carbocycles. The average Bonchev–Trinajstić information content (AvgIpc) is 2.59. The van der Waals surface area contributed by atoms with Gasteiger partial charge in [-0.1, -0.05) is 12.2 Å². The second-order valence-corrected chi connectivity index (χ2v) is 3.74. The fraction of sp³-hybridized carbons (Fsp3) is 0.100. The summed E-state index contributed by atoms with van der Waals surface area (Å²) in [6.07, 6.45) is 5.06. The van der Waals surface area contributed by atoms with E-state index < -0.39 is 0 Å². The minimum absolute atomic E-state index is 0.720. The summed E-state index contributed by atoms with van der Waals surface area (Å²) < 4.78 is 0. The van der Waals surface area contributed by atoms with E-state index in [0.717, 1.165) is 33.4 Å². The molecule has 2 heterocycles. The molecule has 15 heavy (non-hydrogen) atoms. The quantitative estimate of drug-likeness (QED) is 0.612. The molecule has 72 valence electrons. The van der Waals surface area contributed by atoms with Gasteiger partial charge in [0, 0.05) is 11.8 Å². The molecule has 1 aromatic rings. The highest BCUT2D eigenvalue weighted by Crippen LogP contribution is 2.24. The van der Waals surface area contributed by atoms with Crippen LogP contribution in [0.2, 0.25) is 0 Å². The lowest BCUT2D eigenvalue weighted by Crippen LogP contribution is -2.16. The van der Waals surface area contributed by atoms with Gasteiger partial charge in [0.05, 0.1) is 10.6 Å². The molecule has 3 rings (SSSR count). The molecule has 0 bridgehead atoms. The van der Waals surface area contributed by atoms with Crippen molar-refractivity contribution in [1.82, 2.24) is 9.97 Å². The largest absolute Gasteiger partial charge is 0.244 e. The smallest absolute Gasteiger partial charge is 0.126 e. The lowest BCUT2D eigenvalue weighted by Gasteiger charge is -2.12. The number of rotatable bonds is 0. The normalized spacial score (nSPS) is 17.7. The zero-order chi connectivity index (χ0) is 10.4. The number of aromatic nitrogens is 2. The van der Waals surface area contributed by atoms with Crippen molar-refractivity contribution in [2.24, 2.45) is 9.98 Å². The summed E-state index contributed by atoms with van der Waals surface area (Å²) in [5, 5.41) is 0. The van der Waals surface area contributed by atoms with Crippen LogP contribution in [-0.4, -0.2) is 26.4 Å². The Morgan fingerprint density at radius 2 is 2.13 bits per heavy atom. The first-order chi connectivity index (χ1) is 7.25. The van der Waals surface area contributed by atoms with E-state index >= 15 is 0 Å². The number of hydrogen-bond donors (Lipinski definition) is 0. The van der Waals surface area contributed by atoms with E-state index in [2.05, 4.69) is 20.0 Å². The molecule has 1 aliphatic heterocycles. The maximum Gasteiger partial charge on any atom is 0.126 e. The summed E-state index contributed by atoms with van der Waals surface area (Å²) in [5.41, 5.74) is 3.26. The molecular formula is C10H6N4S. The summed E-state index contributed by atoms with van der Waals surface area (Å²) in [6, 6.07) is 0. The van der Waals surface area contributed by atoms with Gasteiger partial charge in [0.15, 0.2) is 0 Å². The van der Waals surface area contributed by atoms with Crippen molar-refractivity contribution in [2.45, 2.75) is 6.92 Å². The number of aliphatic imine (C=N–C) groups is 2. The summed E-state index contributed by atoms with van der Waals surface area (Å²) >= 11 is 5.24. The molecule has 2 aliphatic rings. The summed E-state index contributed by atoms with van der Waals surface area (Å²) in [5.74, 6) is 0.741. The highest BCUT2D eigenvalue weighted by Gasteiger charge is 2.26. The molecule has 0 saturated heterocycles. The average molecular weight is 214 g/mol. The molecule has 0 amide bonds. The molecule has 1 aromatic heterocycles. The van der Waals surface area contributed by atoms with Gasteiger partial charge >= 0.3 is 0 Å². The van der Waals surface area contributed by atoms with Crippen LogP contribution in [0.15, 0.2) is 34.3 Å². The first kappa shape index (κ1) is 8.55. The standard InChI is InChI=1S/C10H6N4S/c1-5-13-7-2-8(15)6-3-11-4-12-9(6)10(7)14-5/h2-4H,1H3. The summed E-state index contributed by atoms with van der Waals surface area (Å²) in [4.78, 5) is 17.5. The molecule has 5 heteroatoms.